The fraction of sp³-hybridized carbons (Fsp3) is 0.643. The number of rotatable bonds is 4. The van der Waals surface area contributed by atoms with Crippen LogP contribution in [0.3, 0.4) is 0 Å². The molecule has 1 unspecified atom stereocenters. The number of aliphatic hydroxyl groups excluding tert-OH is 1. The van der Waals surface area contributed by atoms with Crippen molar-refractivity contribution in [2.75, 3.05) is 13.2 Å². The van der Waals surface area contributed by atoms with Crippen LogP contribution >= 0.6 is 0 Å². The van der Waals surface area contributed by atoms with Gasteiger partial charge in [-0.25, -0.2) is 0 Å². The minimum absolute atomic E-state index is 0.204. The van der Waals surface area contributed by atoms with Gasteiger partial charge in [0.2, 0.25) is 5.43 Å². The highest BCUT2D eigenvalue weighted by Crippen LogP contribution is 2.21. The van der Waals surface area contributed by atoms with E-state index in [0.29, 0.717) is 12.6 Å². The first kappa shape index (κ1) is 14.1. The molecule has 1 aromatic heterocycles. The Morgan fingerprint density at radius 1 is 1.42 bits per heavy atom. The van der Waals surface area contributed by atoms with Crippen molar-refractivity contribution in [3.8, 4) is 5.75 Å². The fourth-order valence-corrected chi connectivity index (χ4v) is 2.77. The molecule has 1 aliphatic heterocycles. The maximum Gasteiger partial charge on any atom is 0.223 e. The van der Waals surface area contributed by atoms with Crippen molar-refractivity contribution in [2.45, 2.75) is 38.3 Å². The summed E-state index contributed by atoms with van der Waals surface area (Å²) in [7, 11) is 1.83. The minimum atomic E-state index is -0.330. The van der Waals surface area contributed by atoms with Crippen molar-refractivity contribution < 1.29 is 10.2 Å². The Labute approximate surface area is 113 Å². The maximum absolute atomic E-state index is 11.5. The van der Waals surface area contributed by atoms with Gasteiger partial charge in [-0.1, -0.05) is 6.42 Å². The highest BCUT2D eigenvalue weighted by atomic mass is 16.3. The van der Waals surface area contributed by atoms with Gasteiger partial charge >= 0.3 is 0 Å². The Kier molecular flexibility index (Phi) is 4.61. The zero-order valence-corrected chi connectivity index (χ0v) is 11.4. The molecule has 1 aromatic rings. The number of pyridine rings is 1. The monoisotopic (exact) mass is 266 g/mol. The molecule has 2 heterocycles. The number of hydrogen-bond donors (Lipinski definition) is 2. The first-order chi connectivity index (χ1) is 9.11. The van der Waals surface area contributed by atoms with E-state index in [1.807, 2.05) is 7.05 Å². The van der Waals surface area contributed by atoms with Crippen LogP contribution in [-0.4, -0.2) is 38.9 Å². The summed E-state index contributed by atoms with van der Waals surface area (Å²) in [6, 6.07) is 1.89. The molecule has 2 rings (SSSR count). The largest absolute Gasteiger partial charge is 0.503 e. The third kappa shape index (κ3) is 3.36. The van der Waals surface area contributed by atoms with Gasteiger partial charge in [0.25, 0.3) is 0 Å². The van der Waals surface area contributed by atoms with Crippen molar-refractivity contribution in [1.82, 2.24) is 9.47 Å². The van der Waals surface area contributed by atoms with Gasteiger partial charge in [0, 0.05) is 44.2 Å². The first-order valence-electron chi connectivity index (χ1n) is 6.85. The molecule has 0 bridgehead atoms. The van der Waals surface area contributed by atoms with E-state index in [0.717, 1.165) is 31.5 Å². The number of likely N-dealkylation sites (tertiary alicyclic amines) is 1. The number of aromatic nitrogens is 1. The smallest absolute Gasteiger partial charge is 0.223 e. The SMILES string of the molecule is Cn1cc(O)c(=O)cc1CN1CCCCC1CCO. The Hall–Kier alpha value is -1.33. The third-order valence-electron chi connectivity index (χ3n) is 3.90. The molecule has 0 amide bonds. The lowest BCUT2D eigenvalue weighted by Crippen LogP contribution is -2.40. The van der Waals surface area contributed by atoms with Crippen LogP contribution in [0.1, 0.15) is 31.4 Å². The molecule has 0 spiro atoms. The van der Waals surface area contributed by atoms with Crippen LogP contribution in [0.25, 0.3) is 0 Å². The molecule has 1 aliphatic rings. The summed E-state index contributed by atoms with van der Waals surface area (Å²) in [5.74, 6) is -0.211. The highest BCUT2D eigenvalue weighted by molar-refractivity contribution is 5.20. The van der Waals surface area contributed by atoms with E-state index >= 15 is 0 Å². The van der Waals surface area contributed by atoms with Crippen molar-refractivity contribution in [1.29, 1.82) is 0 Å². The summed E-state index contributed by atoms with van der Waals surface area (Å²) in [5.41, 5.74) is 0.566. The summed E-state index contributed by atoms with van der Waals surface area (Å²) >= 11 is 0. The zero-order valence-electron chi connectivity index (χ0n) is 11.4. The van der Waals surface area contributed by atoms with E-state index in [2.05, 4.69) is 4.90 Å². The van der Waals surface area contributed by atoms with Crippen molar-refractivity contribution in [3.05, 3.63) is 28.2 Å². The van der Waals surface area contributed by atoms with Crippen LogP contribution in [0, 0.1) is 0 Å². The number of hydrogen-bond acceptors (Lipinski definition) is 4. The molecule has 0 saturated carbocycles. The summed E-state index contributed by atoms with van der Waals surface area (Å²) in [4.78, 5) is 13.8. The number of aliphatic hydroxyl groups is 1. The Balaban J connectivity index is 2.14. The van der Waals surface area contributed by atoms with Gasteiger partial charge in [0.1, 0.15) is 0 Å². The van der Waals surface area contributed by atoms with E-state index in [9.17, 15) is 9.90 Å². The van der Waals surface area contributed by atoms with Gasteiger partial charge in [0.15, 0.2) is 5.75 Å². The molecule has 0 aromatic carbocycles. The van der Waals surface area contributed by atoms with Crippen molar-refractivity contribution in [2.24, 2.45) is 7.05 Å². The maximum atomic E-state index is 11.5. The minimum Gasteiger partial charge on any atom is -0.503 e. The van der Waals surface area contributed by atoms with Crippen LogP contribution in [0.15, 0.2) is 17.1 Å². The second-order valence-electron chi connectivity index (χ2n) is 5.26. The summed E-state index contributed by atoms with van der Waals surface area (Å²) < 4.78 is 1.79. The molecular weight excluding hydrogens is 244 g/mol. The average molecular weight is 266 g/mol. The van der Waals surface area contributed by atoms with Gasteiger partial charge in [-0.2, -0.15) is 0 Å². The lowest BCUT2D eigenvalue weighted by atomic mass is 9.99. The predicted octanol–water partition coefficient (Wildman–Crippen LogP) is 0.828. The number of nitrogens with zero attached hydrogens (tertiary/aromatic N) is 2. The fourth-order valence-electron chi connectivity index (χ4n) is 2.77. The average Bonchev–Trinajstić information content (AvgIpc) is 2.38. The van der Waals surface area contributed by atoms with Crippen LogP contribution in [-0.2, 0) is 13.6 Å². The van der Waals surface area contributed by atoms with Crippen LogP contribution < -0.4 is 5.43 Å². The van der Waals surface area contributed by atoms with Gasteiger partial charge in [-0.15, -0.1) is 0 Å². The van der Waals surface area contributed by atoms with Crippen LogP contribution in [0.4, 0.5) is 0 Å². The lowest BCUT2D eigenvalue weighted by molar-refractivity contribution is 0.110. The highest BCUT2D eigenvalue weighted by Gasteiger charge is 2.22. The third-order valence-corrected chi connectivity index (χ3v) is 3.90. The Morgan fingerprint density at radius 3 is 2.95 bits per heavy atom. The van der Waals surface area contributed by atoms with Gasteiger partial charge in [0.05, 0.1) is 0 Å². The van der Waals surface area contributed by atoms with Crippen LogP contribution in [0.2, 0.25) is 0 Å². The molecule has 5 nitrogen and oxygen atoms in total. The molecule has 1 atom stereocenters. The molecule has 0 aliphatic carbocycles. The number of piperidine rings is 1. The second kappa shape index (κ2) is 6.21. The summed E-state index contributed by atoms with van der Waals surface area (Å²) in [6.07, 6.45) is 5.71. The molecule has 106 valence electrons. The molecular formula is C14H22N2O3. The van der Waals surface area contributed by atoms with Crippen molar-refractivity contribution in [3.63, 3.8) is 0 Å². The summed E-state index contributed by atoms with van der Waals surface area (Å²) in [5, 5.41) is 18.5. The first-order valence-corrected chi connectivity index (χ1v) is 6.85. The van der Waals surface area contributed by atoms with E-state index in [1.54, 1.807) is 4.57 Å². The Bertz CT molecular complexity index is 482. The predicted molar refractivity (Wildman–Crippen MR) is 73.1 cm³/mol. The molecule has 1 fully saturated rings. The molecule has 0 radical (unpaired) electrons. The molecule has 19 heavy (non-hydrogen) atoms. The van der Waals surface area contributed by atoms with Crippen LogP contribution in [0.5, 0.6) is 5.75 Å². The lowest BCUT2D eigenvalue weighted by Gasteiger charge is -2.35. The van der Waals surface area contributed by atoms with Gasteiger partial charge in [-0.05, 0) is 25.8 Å². The molecule has 1 saturated heterocycles. The van der Waals surface area contributed by atoms with E-state index in [-0.39, 0.29) is 17.8 Å². The second-order valence-corrected chi connectivity index (χ2v) is 5.26. The molecule has 5 heteroatoms. The number of aromatic hydroxyl groups is 1. The Morgan fingerprint density at radius 2 is 2.21 bits per heavy atom. The molecule has 2 N–H and O–H groups in total. The normalized spacial score (nSPS) is 20.6. The topological polar surface area (TPSA) is 65.7 Å². The zero-order chi connectivity index (χ0) is 13.8. The number of aryl methyl sites for hydroxylation is 1. The summed E-state index contributed by atoms with van der Waals surface area (Å²) in [6.45, 7) is 1.89. The van der Waals surface area contributed by atoms with E-state index < -0.39 is 0 Å². The van der Waals surface area contributed by atoms with Gasteiger partial charge in [-0.3, -0.25) is 9.69 Å². The van der Waals surface area contributed by atoms with E-state index in [4.69, 9.17) is 5.11 Å². The quantitative estimate of drug-likeness (QED) is 0.847. The standard InChI is InChI=1S/C14H22N2O3/c1-15-10-14(19)13(18)8-12(15)9-16-6-3-2-4-11(16)5-7-17/h8,10-11,17,19H,2-7,9H2,1H3. The van der Waals surface area contributed by atoms with Crippen molar-refractivity contribution >= 4 is 0 Å². The van der Waals surface area contributed by atoms with Gasteiger partial charge < -0.3 is 14.8 Å². The van der Waals surface area contributed by atoms with E-state index in [1.165, 1.54) is 18.7 Å².